The summed E-state index contributed by atoms with van der Waals surface area (Å²) in [5.41, 5.74) is 3.24. The van der Waals surface area contributed by atoms with Crippen molar-refractivity contribution >= 4 is 10.9 Å². The predicted octanol–water partition coefficient (Wildman–Crippen LogP) is 2.31. The van der Waals surface area contributed by atoms with E-state index in [1.807, 2.05) is 18.2 Å². The molecule has 0 fully saturated rings. The number of aryl methyl sites for hydroxylation is 1. The van der Waals surface area contributed by atoms with E-state index >= 15 is 0 Å². The number of rotatable bonds is 1. The van der Waals surface area contributed by atoms with Gasteiger partial charge in [0.25, 0.3) is 0 Å². The van der Waals surface area contributed by atoms with Crippen LogP contribution in [0, 0.1) is 6.92 Å². The largest absolute Gasteiger partial charge is 0.278 e. The SMILES string of the molecule is [CH2]c1cccc2[nH]nc(CC)c12. The highest BCUT2D eigenvalue weighted by Crippen LogP contribution is 2.19. The molecule has 0 unspecified atom stereocenters. The zero-order chi connectivity index (χ0) is 8.55. The number of hydrogen-bond acceptors (Lipinski definition) is 1. The molecule has 2 heteroatoms. The second-order valence-corrected chi connectivity index (χ2v) is 2.86. The summed E-state index contributed by atoms with van der Waals surface area (Å²) in [6, 6.07) is 6.02. The van der Waals surface area contributed by atoms with Crippen LogP contribution in [-0.2, 0) is 6.42 Å². The lowest BCUT2D eigenvalue weighted by Crippen LogP contribution is -1.81. The van der Waals surface area contributed by atoms with E-state index in [1.54, 1.807) is 0 Å². The van der Waals surface area contributed by atoms with Gasteiger partial charge in [-0.05, 0) is 25.0 Å². The molecule has 61 valence electrons. The Morgan fingerprint density at radius 3 is 3.08 bits per heavy atom. The Bertz CT molecular complexity index is 401. The van der Waals surface area contributed by atoms with Gasteiger partial charge in [-0.2, -0.15) is 5.10 Å². The minimum absolute atomic E-state index is 0.951. The summed E-state index contributed by atoms with van der Waals surface area (Å²) in [7, 11) is 0. The van der Waals surface area contributed by atoms with Crippen molar-refractivity contribution in [3.05, 3.63) is 36.4 Å². The van der Waals surface area contributed by atoms with Crippen LogP contribution in [-0.4, -0.2) is 10.2 Å². The summed E-state index contributed by atoms with van der Waals surface area (Å²) in [4.78, 5) is 0. The van der Waals surface area contributed by atoms with Crippen molar-refractivity contribution in [2.45, 2.75) is 13.3 Å². The second kappa shape index (κ2) is 2.63. The van der Waals surface area contributed by atoms with Crippen molar-refractivity contribution in [1.82, 2.24) is 10.2 Å². The molecule has 0 bridgehead atoms. The summed E-state index contributed by atoms with van der Waals surface area (Å²) < 4.78 is 0. The smallest absolute Gasteiger partial charge is 0.0700 e. The quantitative estimate of drug-likeness (QED) is 0.679. The van der Waals surface area contributed by atoms with Crippen molar-refractivity contribution < 1.29 is 0 Å². The van der Waals surface area contributed by atoms with Crippen LogP contribution in [0.1, 0.15) is 18.2 Å². The average Bonchev–Trinajstić information content (AvgIpc) is 2.49. The Hall–Kier alpha value is -1.31. The summed E-state index contributed by atoms with van der Waals surface area (Å²) in [5.74, 6) is 0. The molecule has 0 saturated carbocycles. The van der Waals surface area contributed by atoms with Crippen molar-refractivity contribution in [2.24, 2.45) is 0 Å². The lowest BCUT2D eigenvalue weighted by atomic mass is 10.1. The molecule has 2 rings (SSSR count). The van der Waals surface area contributed by atoms with Crippen LogP contribution < -0.4 is 0 Å². The minimum Gasteiger partial charge on any atom is -0.278 e. The van der Waals surface area contributed by atoms with E-state index in [9.17, 15) is 0 Å². The third-order valence-electron chi connectivity index (χ3n) is 2.09. The van der Waals surface area contributed by atoms with E-state index < -0.39 is 0 Å². The molecule has 0 aliphatic rings. The lowest BCUT2D eigenvalue weighted by molar-refractivity contribution is 0.988. The van der Waals surface area contributed by atoms with Gasteiger partial charge in [0.1, 0.15) is 0 Å². The number of benzene rings is 1. The zero-order valence-corrected chi connectivity index (χ0v) is 7.09. The minimum atomic E-state index is 0.951. The van der Waals surface area contributed by atoms with Gasteiger partial charge in [-0.25, -0.2) is 0 Å². The number of H-pyrrole nitrogens is 1. The number of aromatic nitrogens is 2. The van der Waals surface area contributed by atoms with Gasteiger partial charge in [0, 0.05) is 5.39 Å². The van der Waals surface area contributed by atoms with E-state index in [0.717, 1.165) is 23.2 Å². The van der Waals surface area contributed by atoms with Crippen LogP contribution in [0.2, 0.25) is 0 Å². The third kappa shape index (κ3) is 0.916. The molecular formula is C10H11N2. The molecule has 1 radical (unpaired) electrons. The first-order valence-corrected chi connectivity index (χ1v) is 4.11. The van der Waals surface area contributed by atoms with Crippen LogP contribution in [0.4, 0.5) is 0 Å². The molecule has 1 N–H and O–H groups in total. The average molecular weight is 159 g/mol. The Labute approximate surface area is 71.6 Å². The van der Waals surface area contributed by atoms with Crippen LogP contribution in [0.25, 0.3) is 10.9 Å². The summed E-state index contributed by atoms with van der Waals surface area (Å²) >= 11 is 0. The Balaban J connectivity index is 2.83. The fourth-order valence-corrected chi connectivity index (χ4v) is 1.47. The second-order valence-electron chi connectivity index (χ2n) is 2.86. The molecule has 0 atom stereocenters. The van der Waals surface area contributed by atoms with Gasteiger partial charge in [0.15, 0.2) is 0 Å². The molecule has 2 nitrogen and oxygen atoms in total. The molecule has 1 aromatic carbocycles. The highest BCUT2D eigenvalue weighted by molar-refractivity contribution is 5.85. The highest BCUT2D eigenvalue weighted by atomic mass is 15.1. The number of aromatic amines is 1. The van der Waals surface area contributed by atoms with Crippen LogP contribution in [0.3, 0.4) is 0 Å². The summed E-state index contributed by atoms with van der Waals surface area (Å²) in [6.45, 7) is 6.07. The van der Waals surface area contributed by atoms with E-state index in [4.69, 9.17) is 0 Å². The topological polar surface area (TPSA) is 28.7 Å². The lowest BCUT2D eigenvalue weighted by Gasteiger charge is -1.95. The Kier molecular flexibility index (Phi) is 1.61. The Morgan fingerprint density at radius 1 is 1.50 bits per heavy atom. The van der Waals surface area contributed by atoms with Gasteiger partial charge in [-0.3, -0.25) is 5.10 Å². The van der Waals surface area contributed by atoms with Crippen LogP contribution in [0.15, 0.2) is 18.2 Å². The van der Waals surface area contributed by atoms with Crippen molar-refractivity contribution in [3.63, 3.8) is 0 Å². The van der Waals surface area contributed by atoms with Gasteiger partial charge < -0.3 is 0 Å². The first kappa shape index (κ1) is 7.35. The number of nitrogens with one attached hydrogen (secondary N) is 1. The molecule has 0 aliphatic heterocycles. The van der Waals surface area contributed by atoms with E-state index in [1.165, 1.54) is 5.39 Å². The van der Waals surface area contributed by atoms with Gasteiger partial charge in [-0.1, -0.05) is 19.1 Å². The van der Waals surface area contributed by atoms with Crippen molar-refractivity contribution in [2.75, 3.05) is 0 Å². The van der Waals surface area contributed by atoms with Crippen molar-refractivity contribution in [1.29, 1.82) is 0 Å². The highest BCUT2D eigenvalue weighted by Gasteiger charge is 2.04. The first-order valence-electron chi connectivity index (χ1n) is 4.11. The molecule has 0 amide bonds. The number of hydrogen-bond donors (Lipinski definition) is 1. The maximum absolute atomic E-state index is 4.21. The van der Waals surface area contributed by atoms with Crippen LogP contribution in [0.5, 0.6) is 0 Å². The molecule has 12 heavy (non-hydrogen) atoms. The summed E-state index contributed by atoms with van der Waals surface area (Å²) in [5, 5.41) is 8.38. The molecular weight excluding hydrogens is 148 g/mol. The molecule has 1 heterocycles. The maximum Gasteiger partial charge on any atom is 0.0700 e. The fourth-order valence-electron chi connectivity index (χ4n) is 1.47. The molecule has 2 aromatic rings. The van der Waals surface area contributed by atoms with Gasteiger partial charge in [0.2, 0.25) is 0 Å². The number of fused-ring (bicyclic) bond motifs is 1. The molecule has 1 aromatic heterocycles. The predicted molar refractivity (Wildman–Crippen MR) is 49.9 cm³/mol. The van der Waals surface area contributed by atoms with Gasteiger partial charge >= 0.3 is 0 Å². The van der Waals surface area contributed by atoms with E-state index in [-0.39, 0.29) is 0 Å². The van der Waals surface area contributed by atoms with E-state index in [0.29, 0.717) is 0 Å². The molecule has 0 saturated heterocycles. The van der Waals surface area contributed by atoms with Crippen molar-refractivity contribution in [3.8, 4) is 0 Å². The van der Waals surface area contributed by atoms with Gasteiger partial charge in [-0.15, -0.1) is 0 Å². The first-order chi connectivity index (χ1) is 5.83. The molecule has 0 spiro atoms. The Morgan fingerprint density at radius 2 is 2.33 bits per heavy atom. The molecule has 0 aliphatic carbocycles. The maximum atomic E-state index is 4.21. The van der Waals surface area contributed by atoms with Gasteiger partial charge in [0.05, 0.1) is 11.2 Å². The summed E-state index contributed by atoms with van der Waals surface area (Å²) in [6.07, 6.45) is 0.951. The number of nitrogens with zero attached hydrogens (tertiary/aromatic N) is 1. The monoisotopic (exact) mass is 159 g/mol. The van der Waals surface area contributed by atoms with Crippen LogP contribution >= 0.6 is 0 Å². The zero-order valence-electron chi connectivity index (χ0n) is 7.09. The normalized spacial score (nSPS) is 10.8. The fraction of sp³-hybridized carbons (Fsp3) is 0.200. The van der Waals surface area contributed by atoms with E-state index in [2.05, 4.69) is 24.0 Å². The third-order valence-corrected chi connectivity index (χ3v) is 2.09. The standard InChI is InChI=1S/C10H11N2/c1-3-8-10-7(2)5-4-6-9(10)12-11-8/h4-6H,2-3H2,1H3,(H,11,12).